The maximum Gasteiger partial charge on any atom is 0.315 e. The molecule has 2 aromatic carbocycles. The molecule has 5 nitrogen and oxygen atoms in total. The van der Waals surface area contributed by atoms with E-state index in [1.54, 1.807) is 19.2 Å². The Morgan fingerprint density at radius 3 is 2.74 bits per heavy atom. The number of halogens is 1. The second kappa shape index (κ2) is 8.90. The van der Waals surface area contributed by atoms with E-state index < -0.39 is 0 Å². The highest BCUT2D eigenvalue weighted by molar-refractivity contribution is 6.30. The number of carbonyl (C=O) groups excluding carboxylic acids is 1. The van der Waals surface area contributed by atoms with Crippen LogP contribution >= 0.6 is 11.6 Å². The minimum Gasteiger partial charge on any atom is -0.496 e. The third-order valence-corrected chi connectivity index (χ3v) is 3.32. The summed E-state index contributed by atoms with van der Waals surface area (Å²) >= 11 is 5.86. The zero-order chi connectivity index (χ0) is 16.5. The number of benzene rings is 2. The van der Waals surface area contributed by atoms with E-state index in [0.29, 0.717) is 30.5 Å². The van der Waals surface area contributed by atoms with E-state index in [9.17, 15) is 4.79 Å². The molecule has 0 aliphatic heterocycles. The standard InChI is InChI=1S/C17H19ClN2O3/c1-22-16-8-3-2-5-13(16)12-20-17(21)19-9-10-23-15-7-4-6-14(18)11-15/h2-8,11H,9-10,12H2,1H3,(H2,19,20,21). The van der Waals surface area contributed by atoms with Crippen LogP contribution in [-0.4, -0.2) is 26.3 Å². The minimum atomic E-state index is -0.259. The van der Waals surface area contributed by atoms with Crippen molar-refractivity contribution in [2.24, 2.45) is 0 Å². The largest absolute Gasteiger partial charge is 0.496 e. The van der Waals surface area contributed by atoms with Crippen LogP contribution in [-0.2, 0) is 6.54 Å². The van der Waals surface area contributed by atoms with Gasteiger partial charge in [0.25, 0.3) is 0 Å². The highest BCUT2D eigenvalue weighted by atomic mass is 35.5. The van der Waals surface area contributed by atoms with Crippen molar-refractivity contribution in [3.8, 4) is 11.5 Å². The molecule has 122 valence electrons. The third kappa shape index (κ3) is 5.71. The molecular weight excluding hydrogens is 316 g/mol. The van der Waals surface area contributed by atoms with Gasteiger partial charge in [0.15, 0.2) is 0 Å². The van der Waals surface area contributed by atoms with Gasteiger partial charge in [0.2, 0.25) is 0 Å². The van der Waals surface area contributed by atoms with Crippen LogP contribution in [0.1, 0.15) is 5.56 Å². The molecule has 0 saturated carbocycles. The lowest BCUT2D eigenvalue weighted by Crippen LogP contribution is -2.37. The van der Waals surface area contributed by atoms with Gasteiger partial charge < -0.3 is 20.1 Å². The SMILES string of the molecule is COc1ccccc1CNC(=O)NCCOc1cccc(Cl)c1. The number of rotatable bonds is 7. The van der Waals surface area contributed by atoms with E-state index in [0.717, 1.165) is 11.3 Å². The van der Waals surface area contributed by atoms with Crippen molar-refractivity contribution in [3.63, 3.8) is 0 Å². The Kier molecular flexibility index (Phi) is 6.56. The van der Waals surface area contributed by atoms with E-state index in [1.807, 2.05) is 36.4 Å². The topological polar surface area (TPSA) is 59.6 Å². The Morgan fingerprint density at radius 1 is 1.13 bits per heavy atom. The molecule has 6 heteroatoms. The van der Waals surface area contributed by atoms with Crippen molar-refractivity contribution < 1.29 is 14.3 Å². The van der Waals surface area contributed by atoms with Crippen molar-refractivity contribution in [1.29, 1.82) is 0 Å². The fourth-order valence-electron chi connectivity index (χ4n) is 1.98. The zero-order valence-electron chi connectivity index (χ0n) is 12.8. The molecule has 0 saturated heterocycles. The summed E-state index contributed by atoms with van der Waals surface area (Å²) in [6.07, 6.45) is 0. The number of urea groups is 1. The molecule has 0 heterocycles. The lowest BCUT2D eigenvalue weighted by atomic mass is 10.2. The highest BCUT2D eigenvalue weighted by Crippen LogP contribution is 2.17. The summed E-state index contributed by atoms with van der Waals surface area (Å²) in [4.78, 5) is 11.7. The van der Waals surface area contributed by atoms with Crippen LogP contribution in [0.25, 0.3) is 0 Å². The number of hydrogen-bond donors (Lipinski definition) is 2. The first kappa shape index (κ1) is 17.0. The summed E-state index contributed by atoms with van der Waals surface area (Å²) in [5, 5.41) is 6.12. The highest BCUT2D eigenvalue weighted by Gasteiger charge is 2.04. The van der Waals surface area contributed by atoms with Gasteiger partial charge in [-0.15, -0.1) is 0 Å². The van der Waals surface area contributed by atoms with Crippen molar-refractivity contribution in [2.45, 2.75) is 6.54 Å². The molecule has 0 atom stereocenters. The summed E-state index contributed by atoms with van der Waals surface area (Å²) in [5.41, 5.74) is 0.917. The molecule has 0 bridgehead atoms. The van der Waals surface area contributed by atoms with Crippen LogP contribution in [0.4, 0.5) is 4.79 Å². The molecule has 0 aliphatic carbocycles. The second-order valence-electron chi connectivity index (χ2n) is 4.73. The van der Waals surface area contributed by atoms with Gasteiger partial charge in [-0.25, -0.2) is 4.79 Å². The molecule has 2 rings (SSSR count). The van der Waals surface area contributed by atoms with E-state index in [4.69, 9.17) is 21.1 Å². The van der Waals surface area contributed by atoms with E-state index in [-0.39, 0.29) is 6.03 Å². The number of amides is 2. The summed E-state index contributed by atoms with van der Waals surface area (Å²) in [6.45, 7) is 1.15. The Bertz CT molecular complexity index is 649. The van der Waals surface area contributed by atoms with E-state index >= 15 is 0 Å². The Hall–Kier alpha value is -2.40. The minimum absolute atomic E-state index is 0.259. The Morgan fingerprint density at radius 2 is 1.96 bits per heavy atom. The maximum absolute atomic E-state index is 11.7. The number of ether oxygens (including phenoxy) is 2. The molecule has 0 unspecified atom stereocenters. The number of nitrogens with one attached hydrogen (secondary N) is 2. The fraction of sp³-hybridized carbons (Fsp3) is 0.235. The molecule has 23 heavy (non-hydrogen) atoms. The summed E-state index contributed by atoms with van der Waals surface area (Å²) < 4.78 is 10.7. The quantitative estimate of drug-likeness (QED) is 0.764. The molecule has 0 aliphatic rings. The average Bonchev–Trinajstić information content (AvgIpc) is 2.57. The van der Waals surface area contributed by atoms with Crippen LogP contribution < -0.4 is 20.1 Å². The first-order valence-corrected chi connectivity index (χ1v) is 7.59. The monoisotopic (exact) mass is 334 g/mol. The maximum atomic E-state index is 11.7. The smallest absolute Gasteiger partial charge is 0.315 e. The Balaban J connectivity index is 1.67. The van der Waals surface area contributed by atoms with Crippen LogP contribution in [0.3, 0.4) is 0 Å². The van der Waals surface area contributed by atoms with Crippen LogP contribution in [0.2, 0.25) is 5.02 Å². The van der Waals surface area contributed by atoms with Gasteiger partial charge in [0, 0.05) is 17.1 Å². The van der Waals surface area contributed by atoms with Crippen molar-refractivity contribution in [3.05, 3.63) is 59.1 Å². The summed E-state index contributed by atoms with van der Waals surface area (Å²) in [6, 6.07) is 14.4. The van der Waals surface area contributed by atoms with Gasteiger partial charge in [0.05, 0.1) is 13.7 Å². The lowest BCUT2D eigenvalue weighted by Gasteiger charge is -2.11. The predicted octanol–water partition coefficient (Wildman–Crippen LogP) is 3.23. The lowest BCUT2D eigenvalue weighted by molar-refractivity contribution is 0.236. The molecule has 2 aromatic rings. The number of para-hydroxylation sites is 1. The third-order valence-electron chi connectivity index (χ3n) is 3.08. The van der Waals surface area contributed by atoms with Crippen LogP contribution in [0.15, 0.2) is 48.5 Å². The van der Waals surface area contributed by atoms with Crippen LogP contribution in [0.5, 0.6) is 11.5 Å². The summed E-state index contributed by atoms with van der Waals surface area (Å²) in [5.74, 6) is 1.42. The normalized spacial score (nSPS) is 10.0. The van der Waals surface area contributed by atoms with Crippen molar-refractivity contribution in [2.75, 3.05) is 20.3 Å². The summed E-state index contributed by atoms with van der Waals surface area (Å²) in [7, 11) is 1.60. The second-order valence-corrected chi connectivity index (χ2v) is 5.16. The van der Waals surface area contributed by atoms with Gasteiger partial charge in [0.1, 0.15) is 18.1 Å². The van der Waals surface area contributed by atoms with Gasteiger partial charge in [-0.1, -0.05) is 35.9 Å². The number of methoxy groups -OCH3 is 1. The average molecular weight is 335 g/mol. The molecule has 2 amide bonds. The molecule has 0 aromatic heterocycles. The zero-order valence-corrected chi connectivity index (χ0v) is 13.6. The Labute approximate surface area is 140 Å². The first-order chi connectivity index (χ1) is 11.2. The molecule has 0 spiro atoms. The van der Waals surface area contributed by atoms with Crippen molar-refractivity contribution >= 4 is 17.6 Å². The molecule has 0 fully saturated rings. The fourth-order valence-corrected chi connectivity index (χ4v) is 2.16. The van der Waals surface area contributed by atoms with Gasteiger partial charge >= 0.3 is 6.03 Å². The molecule has 0 radical (unpaired) electrons. The van der Waals surface area contributed by atoms with Gasteiger partial charge in [-0.3, -0.25) is 0 Å². The van der Waals surface area contributed by atoms with Crippen molar-refractivity contribution in [1.82, 2.24) is 10.6 Å². The van der Waals surface area contributed by atoms with Gasteiger partial charge in [-0.2, -0.15) is 0 Å². The van der Waals surface area contributed by atoms with Gasteiger partial charge in [-0.05, 0) is 24.3 Å². The van der Waals surface area contributed by atoms with E-state index in [2.05, 4.69) is 10.6 Å². The van der Waals surface area contributed by atoms with E-state index in [1.165, 1.54) is 0 Å². The molecule has 2 N–H and O–H groups in total. The molecular formula is C17H19ClN2O3. The first-order valence-electron chi connectivity index (χ1n) is 7.21. The number of hydrogen-bond acceptors (Lipinski definition) is 3. The number of carbonyl (C=O) groups is 1. The van der Waals surface area contributed by atoms with Crippen LogP contribution in [0, 0.1) is 0 Å². The predicted molar refractivity (Wildman–Crippen MR) is 90.2 cm³/mol.